The van der Waals surface area contributed by atoms with E-state index >= 15 is 0 Å². The summed E-state index contributed by atoms with van der Waals surface area (Å²) in [6.07, 6.45) is 6.33. The van der Waals surface area contributed by atoms with Crippen LogP contribution in [0.25, 0.3) is 11.2 Å². The number of benzene rings is 1. The van der Waals surface area contributed by atoms with Crippen LogP contribution in [0.15, 0.2) is 30.6 Å². The van der Waals surface area contributed by atoms with Crippen LogP contribution in [0.2, 0.25) is 0 Å². The van der Waals surface area contributed by atoms with E-state index in [0.29, 0.717) is 29.0 Å². The van der Waals surface area contributed by atoms with Gasteiger partial charge in [0.2, 0.25) is 15.5 Å². The first-order valence-corrected chi connectivity index (χ1v) is 10.2. The average Bonchev–Trinajstić information content (AvgIpc) is 2.98. The number of nitrogens with zero attached hydrogens (tertiary/aromatic N) is 2. The molecule has 1 aliphatic rings. The molecular formula is C16H20N7O2S+. The van der Waals surface area contributed by atoms with E-state index in [2.05, 4.69) is 35.3 Å². The summed E-state index contributed by atoms with van der Waals surface area (Å²) in [4.78, 5) is 15.2. The molecule has 136 valence electrons. The number of sulfonamides is 1. The highest BCUT2D eigenvalue weighted by Gasteiger charge is 2.22. The van der Waals surface area contributed by atoms with Gasteiger partial charge < -0.3 is 10.6 Å². The zero-order chi connectivity index (χ0) is 18.1. The second-order valence-corrected chi connectivity index (χ2v) is 8.15. The second-order valence-electron chi connectivity index (χ2n) is 6.40. The fourth-order valence-corrected chi connectivity index (χ4v) is 3.34. The summed E-state index contributed by atoms with van der Waals surface area (Å²) < 4.78 is 25.2. The molecule has 10 heteroatoms. The van der Waals surface area contributed by atoms with E-state index in [1.807, 2.05) is 6.07 Å². The molecule has 2 heterocycles. The lowest BCUT2D eigenvalue weighted by Gasteiger charge is -2.26. The van der Waals surface area contributed by atoms with Crippen LogP contribution < -0.4 is 20.3 Å². The molecule has 1 aliphatic carbocycles. The summed E-state index contributed by atoms with van der Waals surface area (Å²) in [5.41, 5.74) is 2.67. The molecule has 0 radical (unpaired) electrons. The Kier molecular flexibility index (Phi) is 4.11. The molecule has 1 aromatic carbocycles. The molecule has 1 saturated carbocycles. The number of imidazole rings is 1. The summed E-state index contributed by atoms with van der Waals surface area (Å²) in [5, 5.41) is 6.57. The maximum absolute atomic E-state index is 11.4. The van der Waals surface area contributed by atoms with Crippen molar-refractivity contribution in [1.82, 2.24) is 15.0 Å². The zero-order valence-corrected chi connectivity index (χ0v) is 15.0. The van der Waals surface area contributed by atoms with Crippen LogP contribution in [0.1, 0.15) is 19.3 Å². The average molecular weight is 374 g/mol. The number of aromatic nitrogens is 4. The van der Waals surface area contributed by atoms with Gasteiger partial charge in [-0.3, -0.25) is 9.71 Å². The smallest absolute Gasteiger partial charge is 0.307 e. The summed E-state index contributed by atoms with van der Waals surface area (Å²) in [7, 11) is -3.33. The molecule has 0 amide bonds. The van der Waals surface area contributed by atoms with Crippen LogP contribution in [0.4, 0.5) is 23.1 Å². The van der Waals surface area contributed by atoms with Crippen LogP contribution >= 0.6 is 0 Å². The fraction of sp³-hybridized carbons (Fsp3) is 0.312. The van der Waals surface area contributed by atoms with Gasteiger partial charge in [-0.05, 0) is 37.5 Å². The minimum atomic E-state index is -3.33. The molecule has 0 unspecified atom stereocenters. The Morgan fingerprint density at radius 3 is 2.77 bits per heavy atom. The molecule has 1 fully saturated rings. The molecule has 0 saturated heterocycles. The number of H-pyrrole nitrogens is 2. The van der Waals surface area contributed by atoms with E-state index in [4.69, 9.17) is 0 Å². The maximum Gasteiger partial charge on any atom is 0.307 e. The summed E-state index contributed by atoms with van der Waals surface area (Å²) >= 11 is 0. The molecule has 5 N–H and O–H groups in total. The predicted octanol–water partition coefficient (Wildman–Crippen LogP) is 1.85. The Bertz CT molecular complexity index is 1040. The molecule has 2 aromatic heterocycles. The Morgan fingerprint density at radius 1 is 1.23 bits per heavy atom. The van der Waals surface area contributed by atoms with E-state index in [9.17, 15) is 8.42 Å². The van der Waals surface area contributed by atoms with Crippen molar-refractivity contribution in [1.29, 1.82) is 0 Å². The fourth-order valence-electron chi connectivity index (χ4n) is 2.79. The van der Waals surface area contributed by atoms with Gasteiger partial charge >= 0.3 is 11.6 Å². The highest BCUT2D eigenvalue weighted by molar-refractivity contribution is 7.92. The van der Waals surface area contributed by atoms with E-state index in [1.54, 1.807) is 24.5 Å². The molecule has 0 bridgehead atoms. The van der Waals surface area contributed by atoms with Gasteiger partial charge in [0, 0.05) is 11.7 Å². The van der Waals surface area contributed by atoms with Crippen molar-refractivity contribution in [2.24, 2.45) is 0 Å². The van der Waals surface area contributed by atoms with Gasteiger partial charge in [0.15, 0.2) is 12.1 Å². The third-order valence-corrected chi connectivity index (χ3v) is 4.81. The van der Waals surface area contributed by atoms with Gasteiger partial charge in [0.05, 0.1) is 11.9 Å². The van der Waals surface area contributed by atoms with Crippen molar-refractivity contribution < 1.29 is 13.4 Å². The third kappa shape index (κ3) is 3.69. The van der Waals surface area contributed by atoms with Crippen LogP contribution in [0.3, 0.4) is 0 Å². The monoisotopic (exact) mass is 374 g/mol. The Labute approximate surface area is 150 Å². The Hall–Kier alpha value is -2.88. The molecule has 0 spiro atoms. The van der Waals surface area contributed by atoms with Crippen LogP contribution in [-0.4, -0.2) is 35.7 Å². The topological polar surface area (TPSA) is 126 Å². The van der Waals surface area contributed by atoms with Gasteiger partial charge in [0.1, 0.15) is 0 Å². The second kappa shape index (κ2) is 6.45. The van der Waals surface area contributed by atoms with Crippen molar-refractivity contribution >= 4 is 44.3 Å². The minimum absolute atomic E-state index is 0.423. The van der Waals surface area contributed by atoms with Crippen molar-refractivity contribution in [3.8, 4) is 0 Å². The molecule has 26 heavy (non-hydrogen) atoms. The van der Waals surface area contributed by atoms with Crippen LogP contribution in [-0.2, 0) is 10.0 Å². The Morgan fingerprint density at radius 2 is 2.04 bits per heavy atom. The minimum Gasteiger partial charge on any atom is -0.364 e. The number of aromatic amines is 2. The first-order valence-electron chi connectivity index (χ1n) is 8.34. The quantitative estimate of drug-likeness (QED) is 0.522. The molecule has 0 atom stereocenters. The summed E-state index contributed by atoms with van der Waals surface area (Å²) in [6.45, 7) is 0. The van der Waals surface area contributed by atoms with E-state index in [0.717, 1.165) is 30.4 Å². The predicted molar refractivity (Wildman–Crippen MR) is 99.9 cm³/mol. The lowest BCUT2D eigenvalue weighted by Crippen LogP contribution is -2.27. The maximum atomic E-state index is 11.4. The number of anilines is 4. The number of hydrogen-bond donors (Lipinski definition) is 4. The van der Waals surface area contributed by atoms with Gasteiger partial charge in [-0.25, -0.2) is 13.4 Å². The standard InChI is InChI=1S/C16H19N7O2S/c1-26(24,25)23-12-7-3-6-11(8-12)20-16-21-14-13(17-9-18-14)15(22-16)19-10-4-2-5-10/h3,6-10,23H,2,4-5H2,1H3,(H3,17,18,19,20,21,22)/p+1. The first kappa shape index (κ1) is 16.6. The highest BCUT2D eigenvalue weighted by atomic mass is 32.2. The zero-order valence-electron chi connectivity index (χ0n) is 14.2. The normalized spacial score (nSPS) is 14.8. The molecule has 4 rings (SSSR count). The van der Waals surface area contributed by atoms with Crippen molar-refractivity contribution in [2.75, 3.05) is 21.6 Å². The van der Waals surface area contributed by atoms with E-state index in [-0.39, 0.29) is 0 Å². The van der Waals surface area contributed by atoms with E-state index < -0.39 is 10.0 Å². The highest BCUT2D eigenvalue weighted by Crippen LogP contribution is 2.26. The van der Waals surface area contributed by atoms with Gasteiger partial charge in [0.25, 0.3) is 0 Å². The molecule has 0 aliphatic heterocycles. The summed E-state index contributed by atoms with van der Waals surface area (Å²) in [6, 6.07) is 7.38. The SMILES string of the molecule is CS(=O)(=O)Nc1cccc(Nc2nc(NC3CCC3)c3[nH]c[nH+]c3n2)c1. The van der Waals surface area contributed by atoms with Crippen LogP contribution in [0.5, 0.6) is 0 Å². The van der Waals surface area contributed by atoms with Crippen molar-refractivity contribution in [3.63, 3.8) is 0 Å². The van der Waals surface area contributed by atoms with Crippen molar-refractivity contribution in [2.45, 2.75) is 25.3 Å². The summed E-state index contributed by atoms with van der Waals surface area (Å²) in [5.74, 6) is 1.17. The number of hydrogen-bond acceptors (Lipinski definition) is 6. The van der Waals surface area contributed by atoms with Gasteiger partial charge in [-0.15, -0.1) is 0 Å². The Balaban J connectivity index is 1.61. The number of fused-ring (bicyclic) bond motifs is 1. The van der Waals surface area contributed by atoms with Gasteiger partial charge in [-0.2, -0.15) is 4.98 Å². The molecular weight excluding hydrogens is 354 g/mol. The van der Waals surface area contributed by atoms with E-state index in [1.165, 1.54) is 6.42 Å². The lowest BCUT2D eigenvalue weighted by atomic mass is 9.93. The number of nitrogens with one attached hydrogen (secondary N) is 5. The van der Waals surface area contributed by atoms with Gasteiger partial charge in [-0.1, -0.05) is 11.1 Å². The largest absolute Gasteiger partial charge is 0.364 e. The molecule has 3 aromatic rings. The third-order valence-electron chi connectivity index (χ3n) is 4.20. The molecule has 9 nitrogen and oxygen atoms in total. The lowest BCUT2D eigenvalue weighted by molar-refractivity contribution is -0.347. The number of rotatable bonds is 6. The first-order chi connectivity index (χ1) is 12.5. The van der Waals surface area contributed by atoms with Crippen molar-refractivity contribution in [3.05, 3.63) is 30.6 Å². The van der Waals surface area contributed by atoms with Crippen LogP contribution in [0, 0.1) is 0 Å².